The largest absolute Gasteiger partial charge is 0.439 e. The van der Waals surface area contributed by atoms with Gasteiger partial charge in [-0.2, -0.15) is 0 Å². The number of hydrogen-bond acceptors (Lipinski definition) is 3. The zero-order chi connectivity index (χ0) is 13.8. The predicted octanol–water partition coefficient (Wildman–Crippen LogP) is 2.55. The second kappa shape index (κ2) is 5.87. The molecule has 4 heteroatoms. The molecule has 0 radical (unpaired) electrons. The maximum absolute atomic E-state index is 11.6. The summed E-state index contributed by atoms with van der Waals surface area (Å²) in [5, 5.41) is 12.0. The minimum atomic E-state index is -0.632. The SMILES string of the molecule is Cc1ccc([C@@H](CO)OC(=O)NC(C)(C)C)cc1. The van der Waals surface area contributed by atoms with Gasteiger partial charge in [0.15, 0.2) is 6.10 Å². The van der Waals surface area contributed by atoms with Gasteiger partial charge in [0.2, 0.25) is 0 Å². The van der Waals surface area contributed by atoms with Crippen molar-refractivity contribution in [1.29, 1.82) is 0 Å². The average Bonchev–Trinajstić information content (AvgIpc) is 2.25. The minimum Gasteiger partial charge on any atom is -0.439 e. The standard InChI is InChI=1S/C14H21NO3/c1-10-5-7-11(8-6-10)12(9-16)18-13(17)15-14(2,3)4/h5-8,12,16H,9H2,1-4H3,(H,15,17)/t12-/m1/s1. The maximum atomic E-state index is 11.6. The van der Waals surface area contributed by atoms with Crippen molar-refractivity contribution >= 4 is 6.09 Å². The molecule has 18 heavy (non-hydrogen) atoms. The second-order valence-corrected chi connectivity index (χ2v) is 5.36. The molecular weight excluding hydrogens is 230 g/mol. The monoisotopic (exact) mass is 251 g/mol. The molecule has 1 aromatic rings. The number of carbonyl (C=O) groups is 1. The van der Waals surface area contributed by atoms with E-state index in [2.05, 4.69) is 5.32 Å². The Morgan fingerprint density at radius 3 is 2.33 bits per heavy atom. The molecule has 0 spiro atoms. The number of aryl methyl sites for hydroxylation is 1. The van der Waals surface area contributed by atoms with Gasteiger partial charge in [-0.3, -0.25) is 0 Å². The molecule has 0 saturated heterocycles. The van der Waals surface area contributed by atoms with Crippen LogP contribution in [0.15, 0.2) is 24.3 Å². The summed E-state index contributed by atoms with van der Waals surface area (Å²) in [6, 6.07) is 7.53. The topological polar surface area (TPSA) is 58.6 Å². The first-order chi connectivity index (χ1) is 8.31. The molecule has 4 nitrogen and oxygen atoms in total. The summed E-state index contributed by atoms with van der Waals surface area (Å²) in [5.74, 6) is 0. The highest BCUT2D eigenvalue weighted by Crippen LogP contribution is 2.18. The quantitative estimate of drug-likeness (QED) is 0.868. The summed E-state index contributed by atoms with van der Waals surface area (Å²) in [7, 11) is 0. The summed E-state index contributed by atoms with van der Waals surface area (Å²) in [5.41, 5.74) is 1.55. The Balaban J connectivity index is 2.68. The molecule has 1 rings (SSSR count). The molecule has 0 saturated carbocycles. The lowest BCUT2D eigenvalue weighted by atomic mass is 10.1. The van der Waals surface area contributed by atoms with Gasteiger partial charge in [-0.05, 0) is 33.3 Å². The van der Waals surface area contributed by atoms with Gasteiger partial charge in [0.05, 0.1) is 6.61 Å². The van der Waals surface area contributed by atoms with Crippen LogP contribution in [-0.4, -0.2) is 23.3 Å². The van der Waals surface area contributed by atoms with Crippen LogP contribution < -0.4 is 5.32 Å². The minimum absolute atomic E-state index is 0.235. The molecule has 0 unspecified atom stereocenters. The summed E-state index contributed by atoms with van der Waals surface area (Å²) in [6.45, 7) is 7.35. The van der Waals surface area contributed by atoms with E-state index in [4.69, 9.17) is 4.74 Å². The van der Waals surface area contributed by atoms with Crippen LogP contribution in [0.25, 0.3) is 0 Å². The third-order valence-electron chi connectivity index (χ3n) is 2.34. The first kappa shape index (κ1) is 14.5. The van der Waals surface area contributed by atoms with E-state index in [9.17, 15) is 9.90 Å². The Morgan fingerprint density at radius 1 is 1.33 bits per heavy atom. The number of rotatable bonds is 3. The van der Waals surface area contributed by atoms with Gasteiger partial charge in [-0.1, -0.05) is 29.8 Å². The number of benzene rings is 1. The third kappa shape index (κ3) is 4.75. The number of carbonyl (C=O) groups excluding carboxylic acids is 1. The number of alkyl carbamates (subject to hydrolysis) is 1. The molecule has 0 aliphatic carbocycles. The predicted molar refractivity (Wildman–Crippen MR) is 70.4 cm³/mol. The second-order valence-electron chi connectivity index (χ2n) is 5.36. The van der Waals surface area contributed by atoms with Crippen molar-refractivity contribution in [3.63, 3.8) is 0 Å². The number of nitrogens with one attached hydrogen (secondary N) is 1. The molecular formula is C14H21NO3. The Hall–Kier alpha value is -1.55. The van der Waals surface area contributed by atoms with Crippen LogP contribution in [-0.2, 0) is 4.74 Å². The third-order valence-corrected chi connectivity index (χ3v) is 2.34. The molecule has 0 aromatic heterocycles. The molecule has 0 fully saturated rings. The van der Waals surface area contributed by atoms with Crippen molar-refractivity contribution in [2.24, 2.45) is 0 Å². The fraction of sp³-hybridized carbons (Fsp3) is 0.500. The van der Waals surface area contributed by atoms with Crippen molar-refractivity contribution in [1.82, 2.24) is 5.32 Å². The van der Waals surface area contributed by atoms with Crippen LogP contribution >= 0.6 is 0 Å². The molecule has 1 amide bonds. The van der Waals surface area contributed by atoms with Gasteiger partial charge < -0.3 is 15.2 Å². The van der Waals surface area contributed by atoms with Gasteiger partial charge in [0, 0.05) is 5.54 Å². The van der Waals surface area contributed by atoms with Crippen LogP contribution in [0.4, 0.5) is 4.79 Å². The summed E-state index contributed by atoms with van der Waals surface area (Å²) >= 11 is 0. The van der Waals surface area contributed by atoms with Crippen molar-refractivity contribution < 1.29 is 14.6 Å². The fourth-order valence-corrected chi connectivity index (χ4v) is 1.46. The van der Waals surface area contributed by atoms with Crippen molar-refractivity contribution in [2.45, 2.75) is 39.3 Å². The van der Waals surface area contributed by atoms with Crippen molar-refractivity contribution in [3.8, 4) is 0 Å². The summed E-state index contributed by atoms with van der Waals surface area (Å²) < 4.78 is 5.20. The first-order valence-electron chi connectivity index (χ1n) is 5.98. The van der Waals surface area contributed by atoms with Crippen LogP contribution in [0.5, 0.6) is 0 Å². The lowest BCUT2D eigenvalue weighted by Crippen LogP contribution is -2.41. The lowest BCUT2D eigenvalue weighted by molar-refractivity contribution is 0.0530. The molecule has 1 atom stereocenters. The van der Waals surface area contributed by atoms with Gasteiger partial charge in [0.1, 0.15) is 0 Å². The molecule has 0 bridgehead atoms. The first-order valence-corrected chi connectivity index (χ1v) is 5.98. The van der Waals surface area contributed by atoms with E-state index in [0.29, 0.717) is 0 Å². The van der Waals surface area contributed by atoms with Crippen LogP contribution in [0.1, 0.15) is 38.0 Å². The van der Waals surface area contributed by atoms with E-state index >= 15 is 0 Å². The van der Waals surface area contributed by atoms with Crippen molar-refractivity contribution in [2.75, 3.05) is 6.61 Å². The molecule has 0 aliphatic heterocycles. The molecule has 0 heterocycles. The van der Waals surface area contributed by atoms with E-state index in [1.165, 1.54) is 0 Å². The molecule has 2 N–H and O–H groups in total. The number of hydrogen-bond donors (Lipinski definition) is 2. The summed E-state index contributed by atoms with van der Waals surface area (Å²) in [4.78, 5) is 11.6. The lowest BCUT2D eigenvalue weighted by Gasteiger charge is -2.23. The molecule has 100 valence electrons. The normalized spacial score (nSPS) is 12.9. The number of amides is 1. The van der Waals surface area contributed by atoms with Gasteiger partial charge >= 0.3 is 6.09 Å². The Morgan fingerprint density at radius 2 is 1.89 bits per heavy atom. The van der Waals surface area contributed by atoms with E-state index in [0.717, 1.165) is 11.1 Å². The Kier molecular flexibility index (Phi) is 4.73. The van der Waals surface area contributed by atoms with E-state index < -0.39 is 12.2 Å². The molecule has 1 aromatic carbocycles. The number of ether oxygens (including phenoxy) is 1. The van der Waals surface area contributed by atoms with E-state index in [-0.39, 0.29) is 12.1 Å². The zero-order valence-electron chi connectivity index (χ0n) is 11.4. The van der Waals surface area contributed by atoms with Gasteiger partial charge in [-0.25, -0.2) is 4.79 Å². The van der Waals surface area contributed by atoms with Gasteiger partial charge in [0.25, 0.3) is 0 Å². The Bertz CT molecular complexity index is 392. The van der Waals surface area contributed by atoms with Gasteiger partial charge in [-0.15, -0.1) is 0 Å². The highest BCUT2D eigenvalue weighted by molar-refractivity contribution is 5.68. The molecule has 0 aliphatic rings. The smallest absolute Gasteiger partial charge is 0.408 e. The highest BCUT2D eigenvalue weighted by Gasteiger charge is 2.19. The van der Waals surface area contributed by atoms with Crippen LogP contribution in [0.2, 0.25) is 0 Å². The number of aliphatic hydroxyl groups excluding tert-OH is 1. The Labute approximate surface area is 108 Å². The zero-order valence-corrected chi connectivity index (χ0v) is 11.4. The van der Waals surface area contributed by atoms with E-state index in [1.54, 1.807) is 0 Å². The average molecular weight is 251 g/mol. The van der Waals surface area contributed by atoms with Crippen LogP contribution in [0.3, 0.4) is 0 Å². The maximum Gasteiger partial charge on any atom is 0.408 e. The van der Waals surface area contributed by atoms with E-state index in [1.807, 2.05) is 52.0 Å². The summed E-state index contributed by atoms with van der Waals surface area (Å²) in [6.07, 6.45) is -1.16. The fourth-order valence-electron chi connectivity index (χ4n) is 1.46. The van der Waals surface area contributed by atoms with Crippen LogP contribution in [0, 0.1) is 6.92 Å². The van der Waals surface area contributed by atoms with Crippen molar-refractivity contribution in [3.05, 3.63) is 35.4 Å². The highest BCUT2D eigenvalue weighted by atomic mass is 16.6. The number of aliphatic hydroxyl groups is 1.